The quantitative estimate of drug-likeness (QED) is 0.433. The average Bonchev–Trinajstić information content (AvgIpc) is 2.95. The van der Waals surface area contributed by atoms with E-state index in [0.717, 1.165) is 13.1 Å². The highest BCUT2D eigenvalue weighted by atomic mass is 32.8. The SMILES string of the molecule is C=N[P+]1(NC)N[P+]2(N[P+]3(N1)SCCN3C)SCCN2C. The van der Waals surface area contributed by atoms with E-state index in [1.165, 1.54) is 11.5 Å². The Morgan fingerprint density at radius 1 is 1.05 bits per heavy atom. The third-order valence-corrected chi connectivity index (χ3v) is 23.2. The zero-order valence-electron chi connectivity index (χ0n) is 12.0. The smallest absolute Gasteiger partial charge is 0.138 e. The van der Waals surface area contributed by atoms with Gasteiger partial charge in [0.1, 0.15) is 0 Å². The Bertz CT molecular complexity index is 390. The second-order valence-electron chi connectivity index (χ2n) is 4.88. The molecule has 0 bridgehead atoms. The van der Waals surface area contributed by atoms with Crippen molar-refractivity contribution in [1.29, 1.82) is 0 Å². The fourth-order valence-electron chi connectivity index (χ4n) is 2.39. The lowest BCUT2D eigenvalue weighted by atomic mass is 10.8. The number of hydrogen-bond donors (Lipinski definition) is 4. The zero-order valence-corrected chi connectivity index (χ0v) is 16.4. The summed E-state index contributed by atoms with van der Waals surface area (Å²) in [5.74, 6) is 2.33. The van der Waals surface area contributed by atoms with Crippen LogP contribution < -0.4 is 19.7 Å². The number of nitrogens with one attached hydrogen (secondary N) is 4. The van der Waals surface area contributed by atoms with Crippen LogP contribution in [0.3, 0.4) is 0 Å². The number of hydrogen-bond acceptors (Lipinski definition) is 9. The van der Waals surface area contributed by atoms with Gasteiger partial charge in [-0.2, -0.15) is 0 Å². The van der Waals surface area contributed by atoms with E-state index in [0.29, 0.717) is 0 Å². The molecule has 0 amide bonds. The Labute approximate surface area is 130 Å². The van der Waals surface area contributed by atoms with Gasteiger partial charge in [-0.3, -0.25) is 0 Å². The van der Waals surface area contributed by atoms with Crippen molar-refractivity contribution in [3.8, 4) is 0 Å². The van der Waals surface area contributed by atoms with Crippen LogP contribution in [0, 0.1) is 0 Å². The third-order valence-electron chi connectivity index (χ3n) is 3.72. The van der Waals surface area contributed by atoms with Crippen molar-refractivity contribution >= 4 is 51.2 Å². The first-order chi connectivity index (χ1) is 9.50. The Morgan fingerprint density at radius 2 is 1.55 bits per heavy atom. The Morgan fingerprint density at radius 3 is 1.85 bits per heavy atom. The third kappa shape index (κ3) is 2.49. The molecular weight excluding hydrogens is 351 g/mol. The van der Waals surface area contributed by atoms with Crippen molar-refractivity contribution in [2.24, 2.45) is 4.76 Å². The van der Waals surface area contributed by atoms with Gasteiger partial charge < -0.3 is 0 Å². The van der Waals surface area contributed by atoms with Gasteiger partial charge in [0.2, 0.25) is 0 Å². The summed E-state index contributed by atoms with van der Waals surface area (Å²) in [5, 5.41) is 3.41. The van der Waals surface area contributed by atoms with Gasteiger partial charge >= 0.3 is 21.7 Å². The maximum absolute atomic E-state index is 4.47. The van der Waals surface area contributed by atoms with Crippen LogP contribution in [0.2, 0.25) is 0 Å². The highest BCUT2D eigenvalue weighted by Crippen LogP contribution is 2.89. The van der Waals surface area contributed by atoms with E-state index in [-0.39, 0.29) is 0 Å². The summed E-state index contributed by atoms with van der Waals surface area (Å²) in [7, 11) is 4.42. The van der Waals surface area contributed by atoms with Crippen LogP contribution in [0.15, 0.2) is 4.76 Å². The van der Waals surface area contributed by atoms with Crippen molar-refractivity contribution in [1.82, 2.24) is 29.0 Å². The van der Waals surface area contributed by atoms with Gasteiger partial charge in [-0.15, -0.1) is 14.4 Å². The normalized spacial score (nSPS) is 46.5. The van der Waals surface area contributed by atoms with E-state index in [9.17, 15) is 0 Å². The predicted octanol–water partition coefficient (Wildman–Crippen LogP) is 2.08. The molecule has 0 radical (unpaired) electrons. The highest BCUT2D eigenvalue weighted by molar-refractivity contribution is 8.68. The molecule has 114 valence electrons. The Kier molecular flexibility index (Phi) is 4.73. The Hall–Kier alpha value is 1.42. The van der Waals surface area contributed by atoms with E-state index in [1.54, 1.807) is 0 Å². The molecule has 0 saturated carbocycles. The van der Waals surface area contributed by atoms with E-state index in [1.807, 2.05) is 29.8 Å². The maximum atomic E-state index is 4.47. The summed E-state index contributed by atoms with van der Waals surface area (Å²) in [6, 6.07) is 0. The van der Waals surface area contributed by atoms with Crippen LogP contribution in [0.5, 0.6) is 0 Å². The molecule has 3 rings (SSSR count). The molecule has 12 heteroatoms. The second kappa shape index (κ2) is 5.81. The van der Waals surface area contributed by atoms with Crippen LogP contribution >= 0.6 is 44.5 Å². The van der Waals surface area contributed by atoms with Gasteiger partial charge in [0.25, 0.3) is 0 Å². The van der Waals surface area contributed by atoms with Gasteiger partial charge in [-0.25, -0.2) is 0 Å². The monoisotopic (exact) mass is 374 g/mol. The van der Waals surface area contributed by atoms with Gasteiger partial charge in [-0.05, 0) is 0 Å². The van der Waals surface area contributed by atoms with Crippen LogP contribution in [-0.4, -0.2) is 61.8 Å². The van der Waals surface area contributed by atoms with E-state index in [2.05, 4.69) is 54.6 Å². The summed E-state index contributed by atoms with van der Waals surface area (Å²) in [4.78, 5) is 11.6. The van der Waals surface area contributed by atoms with E-state index < -0.39 is 21.7 Å². The van der Waals surface area contributed by atoms with Crippen LogP contribution in [0.1, 0.15) is 0 Å². The fourth-order valence-corrected chi connectivity index (χ4v) is 26.8. The second-order valence-corrected chi connectivity index (χ2v) is 19.0. The van der Waals surface area contributed by atoms with Gasteiger partial charge in [0, 0.05) is 42.4 Å². The highest BCUT2D eigenvalue weighted by Gasteiger charge is 2.78. The minimum absolute atomic E-state index is 1.12. The summed E-state index contributed by atoms with van der Waals surface area (Å²) < 4.78 is 9.39. The van der Waals surface area contributed by atoms with Crippen molar-refractivity contribution in [2.45, 2.75) is 0 Å². The lowest BCUT2D eigenvalue weighted by Crippen LogP contribution is -2.49. The number of rotatable bonds is 2. The van der Waals surface area contributed by atoms with Crippen LogP contribution in [-0.2, 0) is 0 Å². The van der Waals surface area contributed by atoms with Gasteiger partial charge in [0.05, 0.1) is 47.4 Å². The molecule has 3 aliphatic rings. The fraction of sp³-hybridized carbons (Fsp3) is 0.875. The van der Waals surface area contributed by atoms with E-state index in [4.69, 9.17) is 0 Å². The van der Waals surface area contributed by atoms with Gasteiger partial charge in [0.15, 0.2) is 0 Å². The Balaban J connectivity index is 2.00. The minimum Gasteiger partial charge on any atom is -0.138 e. The molecule has 2 spiro atoms. The van der Waals surface area contributed by atoms with Crippen molar-refractivity contribution in [2.75, 3.05) is 45.7 Å². The summed E-state index contributed by atoms with van der Waals surface area (Å²) in [6.07, 6.45) is 0. The van der Waals surface area contributed by atoms with Crippen molar-refractivity contribution in [3.63, 3.8) is 0 Å². The molecule has 4 N–H and O–H groups in total. The minimum atomic E-state index is -1.98. The molecular formula is C8H23N7P3S2+3. The van der Waals surface area contributed by atoms with Crippen molar-refractivity contribution in [3.05, 3.63) is 0 Å². The summed E-state index contributed by atoms with van der Waals surface area (Å²) in [6.45, 7) is 2.87. The largest absolute Gasteiger partial charge is 0.419 e. The first-order valence-corrected chi connectivity index (χ1v) is 14.9. The molecule has 0 aromatic heterocycles. The molecule has 0 aromatic rings. The molecule has 3 aliphatic heterocycles. The topological polar surface area (TPSA) is 67.0 Å². The average molecular weight is 374 g/mol. The predicted molar refractivity (Wildman–Crippen MR) is 99.0 cm³/mol. The molecule has 3 saturated heterocycles. The van der Waals surface area contributed by atoms with E-state index >= 15 is 0 Å². The van der Waals surface area contributed by atoms with Crippen molar-refractivity contribution < 1.29 is 0 Å². The lowest BCUT2D eigenvalue weighted by molar-refractivity contribution is 0.569. The molecule has 2 atom stereocenters. The maximum Gasteiger partial charge on any atom is 0.419 e. The molecule has 2 unspecified atom stereocenters. The molecule has 7 nitrogen and oxygen atoms in total. The van der Waals surface area contributed by atoms with Gasteiger partial charge in [-0.1, -0.05) is 4.76 Å². The molecule has 3 heterocycles. The van der Waals surface area contributed by atoms with Crippen LogP contribution in [0.25, 0.3) is 0 Å². The van der Waals surface area contributed by atoms with Crippen LogP contribution in [0.4, 0.5) is 0 Å². The standard InChI is InChI=1S/C8H23N7P3S2/c1-9-16(10-2)11-17(14(3)5-7-19-17)13-18(12-16)15(4)6-8-20-18/h10-13H,1,5-8H2,2-4H3/q+3. The summed E-state index contributed by atoms with van der Waals surface area (Å²) in [5.41, 5.74) is 0. The first-order valence-electron chi connectivity index (χ1n) is 6.45. The lowest BCUT2D eigenvalue weighted by Gasteiger charge is -2.37. The molecule has 3 fully saturated rings. The first kappa shape index (κ1) is 16.3. The summed E-state index contributed by atoms with van der Waals surface area (Å²) >= 11 is 4.06. The number of nitrogens with zero attached hydrogens (tertiary/aromatic N) is 3. The molecule has 0 aliphatic carbocycles. The molecule has 20 heavy (non-hydrogen) atoms. The zero-order chi connectivity index (χ0) is 14.4. The molecule has 0 aromatic carbocycles.